The molecule has 152 valence electrons. The molecular weight excluding hydrogens is 344 g/mol. The maximum absolute atomic E-state index is 12.5. The van der Waals surface area contributed by atoms with Gasteiger partial charge in [-0.05, 0) is 58.3 Å². The lowest BCUT2D eigenvalue weighted by molar-refractivity contribution is -0.171. The highest BCUT2D eigenvalue weighted by Crippen LogP contribution is 2.50. The first kappa shape index (κ1) is 21.6. The molecule has 2 aliphatic carbocycles. The van der Waals surface area contributed by atoms with E-state index in [-0.39, 0.29) is 41.7 Å². The van der Waals surface area contributed by atoms with Crippen LogP contribution in [-0.4, -0.2) is 29.4 Å². The predicted molar refractivity (Wildman–Crippen MR) is 103 cm³/mol. The summed E-state index contributed by atoms with van der Waals surface area (Å²) >= 11 is 0. The minimum atomic E-state index is -0.777. The van der Waals surface area contributed by atoms with E-state index in [1.807, 2.05) is 27.7 Å². The van der Waals surface area contributed by atoms with Gasteiger partial charge in [0.1, 0.15) is 17.5 Å². The molecule has 0 radical (unpaired) electrons. The van der Waals surface area contributed by atoms with Gasteiger partial charge in [0.2, 0.25) is 0 Å². The SMILES string of the molecule is C/C=C(/C)C(=O)O[C@@H]1C[C@H](C)C2CC(=O)C(C)C2C[C@@H]1C(C)(C)OC(C)=O. The lowest BCUT2D eigenvalue weighted by Crippen LogP contribution is -2.45. The quantitative estimate of drug-likeness (QED) is 0.544. The summed E-state index contributed by atoms with van der Waals surface area (Å²) in [5.74, 6) is 0.301. The van der Waals surface area contributed by atoms with E-state index >= 15 is 0 Å². The maximum atomic E-state index is 12.5. The molecule has 0 aromatic heterocycles. The molecule has 0 heterocycles. The molecule has 5 nitrogen and oxygen atoms in total. The van der Waals surface area contributed by atoms with Gasteiger partial charge < -0.3 is 9.47 Å². The Morgan fingerprint density at radius 2 is 1.74 bits per heavy atom. The number of ether oxygens (including phenoxy) is 2. The van der Waals surface area contributed by atoms with Gasteiger partial charge in [0.05, 0.1) is 0 Å². The first-order valence-electron chi connectivity index (χ1n) is 10.0. The number of fused-ring (bicyclic) bond motifs is 1. The standard InChI is InChI=1S/C22H34O5/c1-8-12(2)21(25)26-20-9-13(3)16-11-19(24)14(4)17(16)10-18(20)22(6,7)27-15(5)23/h8,13-14,16-18,20H,9-11H2,1-7H3/b12-8-/t13-,14?,16?,17?,18-,20+/m0/s1. The summed E-state index contributed by atoms with van der Waals surface area (Å²) in [6, 6.07) is 0. The Hall–Kier alpha value is -1.65. The van der Waals surface area contributed by atoms with Crippen molar-refractivity contribution < 1.29 is 23.9 Å². The van der Waals surface area contributed by atoms with Gasteiger partial charge >= 0.3 is 11.9 Å². The van der Waals surface area contributed by atoms with Crippen LogP contribution in [0.3, 0.4) is 0 Å². The molecule has 0 bridgehead atoms. The first-order chi connectivity index (χ1) is 12.5. The molecule has 0 spiro atoms. The van der Waals surface area contributed by atoms with Crippen LogP contribution in [0.25, 0.3) is 0 Å². The number of rotatable bonds is 4. The summed E-state index contributed by atoms with van der Waals surface area (Å²) in [5.41, 5.74) is -0.208. The molecule has 5 heteroatoms. The molecule has 0 aromatic rings. The number of carbonyl (C=O) groups is 3. The molecule has 2 rings (SSSR count). The monoisotopic (exact) mass is 378 g/mol. The molecule has 3 unspecified atom stereocenters. The molecule has 0 aromatic carbocycles. The topological polar surface area (TPSA) is 69.7 Å². The number of carbonyl (C=O) groups excluding carboxylic acids is 3. The van der Waals surface area contributed by atoms with Gasteiger partial charge in [0.25, 0.3) is 0 Å². The zero-order chi connectivity index (χ0) is 20.5. The minimum absolute atomic E-state index is 0.000182. The minimum Gasteiger partial charge on any atom is -0.459 e. The zero-order valence-electron chi connectivity index (χ0n) is 17.7. The van der Waals surface area contributed by atoms with Crippen molar-refractivity contribution in [3.05, 3.63) is 11.6 Å². The average Bonchev–Trinajstić information content (AvgIpc) is 2.76. The van der Waals surface area contributed by atoms with Crippen LogP contribution >= 0.6 is 0 Å². The molecule has 0 aliphatic heterocycles. The summed E-state index contributed by atoms with van der Waals surface area (Å²) in [6.07, 6.45) is 3.39. The molecule has 2 fully saturated rings. The third kappa shape index (κ3) is 4.61. The van der Waals surface area contributed by atoms with Crippen molar-refractivity contribution in [3.8, 4) is 0 Å². The highest BCUT2D eigenvalue weighted by Gasteiger charge is 2.51. The molecule has 0 N–H and O–H groups in total. The number of allylic oxidation sites excluding steroid dienone is 1. The fourth-order valence-corrected chi connectivity index (χ4v) is 4.99. The third-order valence-electron chi connectivity index (χ3n) is 6.76. The van der Waals surface area contributed by atoms with Crippen molar-refractivity contribution in [3.63, 3.8) is 0 Å². The van der Waals surface area contributed by atoms with Gasteiger partial charge in [-0.1, -0.05) is 19.9 Å². The number of hydrogen-bond donors (Lipinski definition) is 0. The van der Waals surface area contributed by atoms with E-state index in [0.717, 1.165) is 6.42 Å². The molecule has 6 atom stereocenters. The van der Waals surface area contributed by atoms with Crippen LogP contribution in [0.5, 0.6) is 0 Å². The van der Waals surface area contributed by atoms with E-state index in [2.05, 4.69) is 6.92 Å². The largest absolute Gasteiger partial charge is 0.459 e. The second-order valence-corrected chi connectivity index (χ2v) is 8.95. The smallest absolute Gasteiger partial charge is 0.333 e. The average molecular weight is 379 g/mol. The fourth-order valence-electron chi connectivity index (χ4n) is 4.99. The Balaban J connectivity index is 2.38. The lowest BCUT2D eigenvalue weighted by atomic mass is 9.76. The van der Waals surface area contributed by atoms with Gasteiger partial charge in [-0.2, -0.15) is 0 Å². The summed E-state index contributed by atoms with van der Waals surface area (Å²) in [6.45, 7) is 12.9. The van der Waals surface area contributed by atoms with Crippen molar-refractivity contribution in [1.29, 1.82) is 0 Å². The van der Waals surface area contributed by atoms with Crippen LogP contribution in [0.15, 0.2) is 11.6 Å². The second-order valence-electron chi connectivity index (χ2n) is 8.95. The maximum Gasteiger partial charge on any atom is 0.333 e. The molecule has 27 heavy (non-hydrogen) atoms. The number of Topliss-reactive ketones (excluding diaryl/α,β-unsaturated/α-hetero) is 1. The normalized spacial score (nSPS) is 34.6. The highest BCUT2D eigenvalue weighted by atomic mass is 16.6. The van der Waals surface area contributed by atoms with Crippen molar-refractivity contribution in [2.45, 2.75) is 79.4 Å². The number of esters is 2. The van der Waals surface area contributed by atoms with Crippen LogP contribution < -0.4 is 0 Å². The van der Waals surface area contributed by atoms with Crippen LogP contribution in [0.2, 0.25) is 0 Å². The van der Waals surface area contributed by atoms with E-state index in [0.29, 0.717) is 30.1 Å². The molecule has 0 saturated heterocycles. The summed E-state index contributed by atoms with van der Waals surface area (Å²) in [4.78, 5) is 36.5. The molecule has 2 saturated carbocycles. The van der Waals surface area contributed by atoms with Crippen LogP contribution in [0.1, 0.15) is 67.7 Å². The van der Waals surface area contributed by atoms with E-state index in [1.165, 1.54) is 6.92 Å². The van der Waals surface area contributed by atoms with Gasteiger partial charge in [0, 0.05) is 30.8 Å². The zero-order valence-corrected chi connectivity index (χ0v) is 17.7. The van der Waals surface area contributed by atoms with E-state index < -0.39 is 5.60 Å². The Morgan fingerprint density at radius 1 is 1.11 bits per heavy atom. The van der Waals surface area contributed by atoms with Crippen LogP contribution in [-0.2, 0) is 23.9 Å². The van der Waals surface area contributed by atoms with E-state index in [4.69, 9.17) is 9.47 Å². The first-order valence-corrected chi connectivity index (χ1v) is 10.0. The number of ketones is 1. The van der Waals surface area contributed by atoms with Crippen molar-refractivity contribution in [2.24, 2.45) is 29.6 Å². The Kier molecular flexibility index (Phi) is 6.54. The second kappa shape index (κ2) is 8.15. The van der Waals surface area contributed by atoms with Gasteiger partial charge in [-0.15, -0.1) is 0 Å². The van der Waals surface area contributed by atoms with Gasteiger partial charge in [-0.3, -0.25) is 9.59 Å². The predicted octanol–water partition coefficient (Wildman–Crippen LogP) is 4.09. The molecular formula is C22H34O5. The van der Waals surface area contributed by atoms with Crippen LogP contribution in [0.4, 0.5) is 0 Å². The van der Waals surface area contributed by atoms with Crippen molar-refractivity contribution in [2.75, 3.05) is 0 Å². The Morgan fingerprint density at radius 3 is 2.30 bits per heavy atom. The van der Waals surface area contributed by atoms with Gasteiger partial charge in [-0.25, -0.2) is 4.79 Å². The summed E-state index contributed by atoms with van der Waals surface area (Å²) in [7, 11) is 0. The lowest BCUT2D eigenvalue weighted by Gasteiger charge is -2.39. The van der Waals surface area contributed by atoms with E-state index in [1.54, 1.807) is 13.0 Å². The Labute approximate surface area is 162 Å². The van der Waals surface area contributed by atoms with Crippen molar-refractivity contribution >= 4 is 17.7 Å². The van der Waals surface area contributed by atoms with Crippen LogP contribution in [0, 0.1) is 29.6 Å². The fraction of sp³-hybridized carbons (Fsp3) is 0.773. The van der Waals surface area contributed by atoms with Gasteiger partial charge in [0.15, 0.2) is 0 Å². The third-order valence-corrected chi connectivity index (χ3v) is 6.76. The highest BCUT2D eigenvalue weighted by molar-refractivity contribution is 5.87. The summed E-state index contributed by atoms with van der Waals surface area (Å²) in [5, 5.41) is 0. The molecule has 2 aliphatic rings. The van der Waals surface area contributed by atoms with Crippen molar-refractivity contribution in [1.82, 2.24) is 0 Å². The number of hydrogen-bond acceptors (Lipinski definition) is 5. The van der Waals surface area contributed by atoms with E-state index in [9.17, 15) is 14.4 Å². The molecule has 0 amide bonds. The Bertz CT molecular complexity index is 633. The summed E-state index contributed by atoms with van der Waals surface area (Å²) < 4.78 is 11.6.